The second kappa shape index (κ2) is 5.83. The van der Waals surface area contributed by atoms with Crippen LogP contribution in [0.3, 0.4) is 0 Å². The van der Waals surface area contributed by atoms with Crippen molar-refractivity contribution in [1.29, 1.82) is 0 Å². The molecule has 1 atom stereocenters. The van der Waals surface area contributed by atoms with Crippen LogP contribution < -0.4 is 0 Å². The van der Waals surface area contributed by atoms with E-state index in [2.05, 4.69) is 0 Å². The van der Waals surface area contributed by atoms with E-state index in [-0.39, 0.29) is 24.2 Å². The van der Waals surface area contributed by atoms with Gasteiger partial charge in [-0.05, 0) is 11.6 Å². The van der Waals surface area contributed by atoms with Gasteiger partial charge in [0.25, 0.3) is 5.69 Å². The predicted molar refractivity (Wildman–Crippen MR) is 61.4 cm³/mol. The highest BCUT2D eigenvalue weighted by molar-refractivity contribution is 8.00. The number of aliphatic hydroxyl groups excluding tert-OH is 2. The first-order valence-electron chi connectivity index (χ1n) is 4.74. The summed E-state index contributed by atoms with van der Waals surface area (Å²) < 4.78 is 0. The molecule has 1 rings (SSSR count). The van der Waals surface area contributed by atoms with E-state index in [1.807, 2.05) is 0 Å². The molecule has 0 aromatic heterocycles. The molecule has 0 bridgehead atoms. The van der Waals surface area contributed by atoms with E-state index in [0.29, 0.717) is 10.5 Å². The summed E-state index contributed by atoms with van der Waals surface area (Å²) in [6.07, 6.45) is 0. The summed E-state index contributed by atoms with van der Waals surface area (Å²) in [4.78, 5) is 10.8. The number of thioether (sulfide) groups is 1. The molecule has 0 amide bonds. The predicted octanol–water partition coefficient (Wildman–Crippen LogP) is 1.56. The Hall–Kier alpha value is -1.11. The zero-order valence-corrected chi connectivity index (χ0v) is 9.61. The molecule has 0 heterocycles. The molecule has 0 radical (unpaired) electrons. The minimum Gasteiger partial charge on any atom is -0.395 e. The van der Waals surface area contributed by atoms with Gasteiger partial charge in [-0.15, -0.1) is 11.8 Å². The van der Waals surface area contributed by atoms with Crippen molar-refractivity contribution in [2.24, 2.45) is 0 Å². The first kappa shape index (κ1) is 13.0. The summed E-state index contributed by atoms with van der Waals surface area (Å²) in [6, 6.07) is 4.59. The van der Waals surface area contributed by atoms with E-state index in [1.165, 1.54) is 17.8 Å². The maximum Gasteiger partial charge on any atom is 0.283 e. The van der Waals surface area contributed by atoms with E-state index in [1.54, 1.807) is 19.1 Å². The highest BCUT2D eigenvalue weighted by Gasteiger charge is 2.16. The lowest BCUT2D eigenvalue weighted by Gasteiger charge is -2.08. The smallest absolute Gasteiger partial charge is 0.283 e. The Morgan fingerprint density at radius 2 is 2.19 bits per heavy atom. The van der Waals surface area contributed by atoms with Crippen molar-refractivity contribution in [3.8, 4) is 0 Å². The third-order valence-corrected chi connectivity index (χ3v) is 3.14. The van der Waals surface area contributed by atoms with Crippen molar-refractivity contribution in [3.63, 3.8) is 0 Å². The van der Waals surface area contributed by atoms with Gasteiger partial charge in [-0.1, -0.05) is 13.0 Å². The molecule has 0 saturated heterocycles. The maximum absolute atomic E-state index is 10.8. The van der Waals surface area contributed by atoms with Crippen LogP contribution in [0.4, 0.5) is 5.69 Å². The van der Waals surface area contributed by atoms with Crippen molar-refractivity contribution in [1.82, 2.24) is 0 Å². The van der Waals surface area contributed by atoms with E-state index in [0.717, 1.165) is 0 Å². The van der Waals surface area contributed by atoms with Crippen molar-refractivity contribution in [3.05, 3.63) is 33.9 Å². The normalized spacial score (nSPS) is 12.4. The Bertz CT molecular complexity index is 383. The topological polar surface area (TPSA) is 83.6 Å². The van der Waals surface area contributed by atoms with Gasteiger partial charge in [0.15, 0.2) is 0 Å². The molecule has 0 spiro atoms. The maximum atomic E-state index is 10.8. The van der Waals surface area contributed by atoms with E-state index in [9.17, 15) is 10.1 Å². The minimum atomic E-state index is -0.481. The minimum absolute atomic E-state index is 0.0307. The molecule has 88 valence electrons. The zero-order valence-electron chi connectivity index (χ0n) is 8.79. The molecule has 0 aliphatic carbocycles. The molecule has 0 fully saturated rings. The van der Waals surface area contributed by atoms with Crippen LogP contribution in [0.5, 0.6) is 0 Å². The fourth-order valence-electron chi connectivity index (χ4n) is 1.16. The van der Waals surface area contributed by atoms with E-state index < -0.39 is 4.92 Å². The Morgan fingerprint density at radius 3 is 2.69 bits per heavy atom. The van der Waals surface area contributed by atoms with Gasteiger partial charge in [0, 0.05) is 11.3 Å². The zero-order chi connectivity index (χ0) is 12.1. The van der Waals surface area contributed by atoms with Crippen LogP contribution in [-0.4, -0.2) is 27.0 Å². The number of benzene rings is 1. The molecule has 0 aliphatic rings. The second-order valence-electron chi connectivity index (χ2n) is 3.33. The molecule has 6 heteroatoms. The summed E-state index contributed by atoms with van der Waals surface area (Å²) in [5.41, 5.74) is 0.476. The van der Waals surface area contributed by atoms with Gasteiger partial charge in [0.2, 0.25) is 0 Å². The van der Waals surface area contributed by atoms with Crippen LogP contribution in [0.15, 0.2) is 23.1 Å². The third kappa shape index (κ3) is 3.19. The quantitative estimate of drug-likeness (QED) is 0.466. The standard InChI is InChI=1S/C10H13NO4S/c1-7(5-12)16-10-3-2-8(6-13)4-9(10)11(14)15/h2-4,7,12-13H,5-6H2,1H3. The third-order valence-electron chi connectivity index (χ3n) is 1.99. The fraction of sp³-hybridized carbons (Fsp3) is 0.400. The lowest BCUT2D eigenvalue weighted by atomic mass is 10.2. The van der Waals surface area contributed by atoms with Crippen LogP contribution in [0.25, 0.3) is 0 Å². The highest BCUT2D eigenvalue weighted by Crippen LogP contribution is 2.32. The molecule has 0 aliphatic heterocycles. The van der Waals surface area contributed by atoms with Crippen LogP contribution >= 0.6 is 11.8 Å². The van der Waals surface area contributed by atoms with Gasteiger partial charge in [-0.3, -0.25) is 10.1 Å². The summed E-state index contributed by atoms with van der Waals surface area (Å²) in [5, 5.41) is 28.5. The molecule has 1 aromatic carbocycles. The lowest BCUT2D eigenvalue weighted by Crippen LogP contribution is -2.03. The van der Waals surface area contributed by atoms with Crippen molar-refractivity contribution < 1.29 is 15.1 Å². The Labute approximate surface area is 97.3 Å². The highest BCUT2D eigenvalue weighted by atomic mass is 32.2. The number of nitro groups is 1. The SMILES string of the molecule is CC(CO)Sc1ccc(CO)cc1[N+](=O)[O-]. The average molecular weight is 243 g/mol. The number of nitrogens with zero attached hydrogens (tertiary/aromatic N) is 1. The summed E-state index contributed by atoms with van der Waals surface area (Å²) >= 11 is 1.24. The molecular formula is C10H13NO4S. The number of aliphatic hydroxyl groups is 2. The van der Waals surface area contributed by atoms with Gasteiger partial charge in [-0.2, -0.15) is 0 Å². The van der Waals surface area contributed by atoms with Gasteiger partial charge >= 0.3 is 0 Å². The Balaban J connectivity index is 3.03. The van der Waals surface area contributed by atoms with Crippen LogP contribution in [-0.2, 0) is 6.61 Å². The molecular weight excluding hydrogens is 230 g/mol. The van der Waals surface area contributed by atoms with E-state index in [4.69, 9.17) is 10.2 Å². The Kier molecular flexibility index (Phi) is 4.72. The molecule has 1 unspecified atom stereocenters. The largest absolute Gasteiger partial charge is 0.395 e. The number of nitro benzene ring substituents is 1. The first-order chi connectivity index (χ1) is 7.58. The van der Waals surface area contributed by atoms with Gasteiger partial charge in [0.05, 0.1) is 23.0 Å². The van der Waals surface area contributed by atoms with E-state index >= 15 is 0 Å². The number of hydrogen-bond donors (Lipinski definition) is 2. The molecule has 0 saturated carbocycles. The number of hydrogen-bond acceptors (Lipinski definition) is 5. The van der Waals surface area contributed by atoms with Crippen LogP contribution in [0.1, 0.15) is 12.5 Å². The van der Waals surface area contributed by atoms with Gasteiger partial charge in [-0.25, -0.2) is 0 Å². The van der Waals surface area contributed by atoms with Crippen molar-refractivity contribution in [2.75, 3.05) is 6.61 Å². The molecule has 2 N–H and O–H groups in total. The monoisotopic (exact) mass is 243 g/mol. The second-order valence-corrected chi connectivity index (χ2v) is 4.81. The summed E-state index contributed by atoms with van der Waals surface area (Å²) in [6.45, 7) is 1.53. The average Bonchev–Trinajstić information content (AvgIpc) is 2.29. The lowest BCUT2D eigenvalue weighted by molar-refractivity contribution is -0.387. The van der Waals surface area contributed by atoms with Crippen molar-refractivity contribution >= 4 is 17.4 Å². The molecule has 5 nitrogen and oxygen atoms in total. The van der Waals surface area contributed by atoms with Crippen molar-refractivity contribution in [2.45, 2.75) is 23.7 Å². The molecule has 1 aromatic rings. The Morgan fingerprint density at radius 1 is 1.50 bits per heavy atom. The van der Waals surface area contributed by atoms with Crippen LogP contribution in [0, 0.1) is 10.1 Å². The van der Waals surface area contributed by atoms with Gasteiger partial charge in [0.1, 0.15) is 0 Å². The fourth-order valence-corrected chi connectivity index (χ4v) is 2.07. The summed E-state index contributed by atoms with van der Waals surface area (Å²) in [5.74, 6) is 0. The first-order valence-corrected chi connectivity index (χ1v) is 5.62. The summed E-state index contributed by atoms with van der Waals surface area (Å²) in [7, 11) is 0. The van der Waals surface area contributed by atoms with Gasteiger partial charge < -0.3 is 10.2 Å². The van der Waals surface area contributed by atoms with Crippen LogP contribution in [0.2, 0.25) is 0 Å². The number of rotatable bonds is 5. The molecule has 16 heavy (non-hydrogen) atoms.